The molecule has 3 aromatic carbocycles. The largest absolute Gasteiger partial charge is 0.282 e. The van der Waals surface area contributed by atoms with Crippen molar-refractivity contribution in [2.45, 2.75) is 10.6 Å². The standard InChI is InChI=1S/C21H16N2O3S/c24-20-18-13-7-8-14-19(18)21(25)23(20)22-27(26,17-11-5-2-6-12-17)15-16-9-3-1-4-10-16/h1-14H,15H2. The Hall–Kier alpha value is -3.25. The summed E-state index contributed by atoms with van der Waals surface area (Å²) in [5.74, 6) is -0.995. The lowest BCUT2D eigenvalue weighted by Gasteiger charge is -2.14. The van der Waals surface area contributed by atoms with Crippen molar-refractivity contribution >= 4 is 21.5 Å². The Morgan fingerprint density at radius 2 is 1.19 bits per heavy atom. The van der Waals surface area contributed by atoms with E-state index in [0.717, 1.165) is 10.6 Å². The highest BCUT2D eigenvalue weighted by atomic mass is 32.2. The van der Waals surface area contributed by atoms with E-state index in [9.17, 15) is 13.8 Å². The summed E-state index contributed by atoms with van der Waals surface area (Å²) in [5.41, 5.74) is 1.37. The highest BCUT2D eigenvalue weighted by Gasteiger charge is 2.37. The molecule has 0 N–H and O–H groups in total. The molecule has 0 spiro atoms. The molecular formula is C21H16N2O3S. The van der Waals surface area contributed by atoms with E-state index in [1.807, 2.05) is 36.4 Å². The molecule has 1 aliphatic rings. The maximum Gasteiger partial charge on any atom is 0.282 e. The van der Waals surface area contributed by atoms with Crippen LogP contribution in [0, 0.1) is 0 Å². The Balaban J connectivity index is 1.84. The molecule has 0 radical (unpaired) electrons. The van der Waals surface area contributed by atoms with E-state index >= 15 is 0 Å². The molecule has 0 aliphatic carbocycles. The number of nitrogens with zero attached hydrogens (tertiary/aromatic N) is 2. The van der Waals surface area contributed by atoms with Gasteiger partial charge in [0.15, 0.2) is 0 Å². The van der Waals surface area contributed by atoms with E-state index in [2.05, 4.69) is 4.47 Å². The summed E-state index contributed by atoms with van der Waals surface area (Å²) in [7, 11) is -3.08. The molecule has 1 unspecified atom stereocenters. The van der Waals surface area contributed by atoms with Crippen molar-refractivity contribution in [3.05, 3.63) is 102 Å². The molecule has 27 heavy (non-hydrogen) atoms. The van der Waals surface area contributed by atoms with E-state index in [-0.39, 0.29) is 16.9 Å². The molecule has 1 heterocycles. The van der Waals surface area contributed by atoms with Gasteiger partial charge < -0.3 is 0 Å². The normalized spacial score (nSPS) is 15.3. The lowest BCUT2D eigenvalue weighted by molar-refractivity contribution is 0.0661. The number of rotatable bonds is 4. The van der Waals surface area contributed by atoms with Gasteiger partial charge in [0, 0.05) is 4.90 Å². The van der Waals surface area contributed by atoms with E-state index in [1.165, 1.54) is 0 Å². The van der Waals surface area contributed by atoms with Crippen molar-refractivity contribution in [2.75, 3.05) is 0 Å². The molecule has 0 saturated carbocycles. The fourth-order valence-electron chi connectivity index (χ4n) is 2.98. The van der Waals surface area contributed by atoms with Crippen LogP contribution >= 0.6 is 0 Å². The minimum Gasteiger partial charge on any atom is -0.267 e. The van der Waals surface area contributed by atoms with Crippen LogP contribution in [0.4, 0.5) is 0 Å². The minimum atomic E-state index is -3.08. The van der Waals surface area contributed by atoms with Gasteiger partial charge in [-0.05, 0) is 29.8 Å². The smallest absolute Gasteiger partial charge is 0.267 e. The second-order valence-corrected chi connectivity index (χ2v) is 8.34. The first-order valence-electron chi connectivity index (χ1n) is 8.40. The highest BCUT2D eigenvalue weighted by Crippen LogP contribution is 2.26. The zero-order valence-electron chi connectivity index (χ0n) is 14.3. The number of hydrogen-bond acceptors (Lipinski definition) is 4. The van der Waals surface area contributed by atoms with Gasteiger partial charge in [0.1, 0.15) is 9.73 Å². The number of hydrogen-bond donors (Lipinski definition) is 0. The van der Waals surface area contributed by atoms with E-state index in [0.29, 0.717) is 4.90 Å². The summed E-state index contributed by atoms with van der Waals surface area (Å²) < 4.78 is 18.1. The molecule has 3 aromatic rings. The van der Waals surface area contributed by atoms with Gasteiger partial charge in [0.2, 0.25) is 0 Å². The minimum absolute atomic E-state index is 0.102. The molecule has 1 aliphatic heterocycles. The van der Waals surface area contributed by atoms with Crippen LogP contribution < -0.4 is 0 Å². The van der Waals surface area contributed by atoms with Crippen LogP contribution in [0.3, 0.4) is 0 Å². The van der Waals surface area contributed by atoms with Gasteiger partial charge in [0.05, 0.1) is 16.9 Å². The van der Waals surface area contributed by atoms with Crippen molar-refractivity contribution in [3.8, 4) is 0 Å². The van der Waals surface area contributed by atoms with Crippen LogP contribution in [0.5, 0.6) is 0 Å². The molecule has 0 bridgehead atoms. The number of benzene rings is 3. The number of amides is 2. The fourth-order valence-corrected chi connectivity index (χ4v) is 4.93. The molecule has 2 amide bonds. The van der Waals surface area contributed by atoms with E-state index in [4.69, 9.17) is 0 Å². The first-order chi connectivity index (χ1) is 13.1. The number of fused-ring (bicyclic) bond motifs is 1. The fraction of sp³-hybridized carbons (Fsp3) is 0.0476. The van der Waals surface area contributed by atoms with E-state index < -0.39 is 21.5 Å². The second kappa shape index (κ2) is 6.81. The van der Waals surface area contributed by atoms with Crippen molar-refractivity contribution in [1.29, 1.82) is 0 Å². The van der Waals surface area contributed by atoms with Gasteiger partial charge in [-0.15, -0.1) is 9.48 Å². The summed E-state index contributed by atoms with van der Waals surface area (Å²) in [6.45, 7) is 0. The Bertz CT molecular complexity index is 1100. The topological polar surface area (TPSA) is 66.8 Å². The summed E-state index contributed by atoms with van der Waals surface area (Å²) in [5, 5.41) is 0.753. The molecular weight excluding hydrogens is 360 g/mol. The average Bonchev–Trinajstić information content (AvgIpc) is 2.94. The average molecular weight is 376 g/mol. The predicted molar refractivity (Wildman–Crippen MR) is 102 cm³/mol. The lowest BCUT2D eigenvalue weighted by Crippen LogP contribution is -2.26. The molecule has 5 nitrogen and oxygen atoms in total. The van der Waals surface area contributed by atoms with Crippen LogP contribution in [0.25, 0.3) is 0 Å². The maximum atomic E-state index is 13.8. The molecule has 4 rings (SSSR count). The predicted octanol–water partition coefficient (Wildman–Crippen LogP) is 3.92. The van der Waals surface area contributed by atoms with E-state index in [1.54, 1.807) is 48.5 Å². The van der Waals surface area contributed by atoms with Crippen LogP contribution in [0.2, 0.25) is 0 Å². The summed E-state index contributed by atoms with van der Waals surface area (Å²) in [6.07, 6.45) is 0. The van der Waals surface area contributed by atoms with Gasteiger partial charge >= 0.3 is 0 Å². The molecule has 0 aromatic heterocycles. The molecule has 6 heteroatoms. The third-order valence-corrected chi connectivity index (χ3v) is 6.46. The maximum absolute atomic E-state index is 13.8. The van der Waals surface area contributed by atoms with Crippen LogP contribution in [-0.4, -0.2) is 21.0 Å². The van der Waals surface area contributed by atoms with Gasteiger partial charge in [-0.3, -0.25) is 9.59 Å². The Morgan fingerprint density at radius 3 is 1.74 bits per heavy atom. The second-order valence-electron chi connectivity index (χ2n) is 6.13. The lowest BCUT2D eigenvalue weighted by atomic mass is 10.1. The number of carbonyl (C=O) groups is 2. The first kappa shape index (κ1) is 17.2. The zero-order chi connectivity index (χ0) is 18.9. The summed E-state index contributed by atoms with van der Waals surface area (Å²) in [4.78, 5) is 25.8. The molecule has 134 valence electrons. The van der Waals surface area contributed by atoms with Crippen molar-refractivity contribution in [2.24, 2.45) is 4.47 Å². The Morgan fingerprint density at radius 1 is 0.704 bits per heavy atom. The van der Waals surface area contributed by atoms with Gasteiger partial charge in [-0.2, -0.15) is 0 Å². The van der Waals surface area contributed by atoms with Crippen LogP contribution in [0.1, 0.15) is 26.3 Å². The zero-order valence-corrected chi connectivity index (χ0v) is 15.1. The van der Waals surface area contributed by atoms with Crippen LogP contribution in [-0.2, 0) is 15.5 Å². The third-order valence-electron chi connectivity index (χ3n) is 4.30. The Kier molecular flexibility index (Phi) is 4.33. The number of carbonyl (C=O) groups excluding carboxylic acids is 2. The number of imide groups is 1. The molecule has 0 saturated heterocycles. The summed E-state index contributed by atoms with van der Waals surface area (Å²) in [6, 6.07) is 24.5. The van der Waals surface area contributed by atoms with Crippen LogP contribution in [0.15, 0.2) is 94.3 Å². The highest BCUT2D eigenvalue weighted by molar-refractivity contribution is 7.92. The quantitative estimate of drug-likeness (QED) is 0.648. The first-order valence-corrected chi connectivity index (χ1v) is 10.1. The summed E-state index contributed by atoms with van der Waals surface area (Å²) >= 11 is 0. The SMILES string of the molecule is O=C1c2ccccc2C(=O)N1N=S(=O)(Cc1ccccc1)c1ccccc1. The van der Waals surface area contributed by atoms with Gasteiger partial charge in [0.25, 0.3) is 11.8 Å². The van der Waals surface area contributed by atoms with Crippen molar-refractivity contribution in [3.63, 3.8) is 0 Å². The third kappa shape index (κ3) is 3.15. The van der Waals surface area contributed by atoms with Gasteiger partial charge in [-0.25, -0.2) is 4.21 Å². The molecule has 1 atom stereocenters. The van der Waals surface area contributed by atoms with Crippen molar-refractivity contribution in [1.82, 2.24) is 5.01 Å². The Labute approximate surface area is 157 Å². The van der Waals surface area contributed by atoms with Crippen molar-refractivity contribution < 1.29 is 13.8 Å². The monoisotopic (exact) mass is 376 g/mol. The van der Waals surface area contributed by atoms with Gasteiger partial charge in [-0.1, -0.05) is 60.7 Å². The molecule has 0 fully saturated rings.